The Morgan fingerprint density at radius 3 is 2.96 bits per heavy atom. The maximum absolute atomic E-state index is 4.58. The van der Waals surface area contributed by atoms with Crippen molar-refractivity contribution in [3.63, 3.8) is 0 Å². The molecule has 1 radical (unpaired) electrons. The lowest BCUT2D eigenvalue weighted by Crippen LogP contribution is -2.35. The van der Waals surface area contributed by atoms with Gasteiger partial charge in [-0.05, 0) is 18.6 Å². The Kier molecular flexibility index (Phi) is 3.84. The zero-order valence-corrected chi connectivity index (χ0v) is 14.0. The number of nitrogens with zero attached hydrogens (tertiary/aromatic N) is 5. The van der Waals surface area contributed by atoms with Gasteiger partial charge in [0.25, 0.3) is 0 Å². The molecule has 0 saturated carbocycles. The Bertz CT molecular complexity index is 830. The summed E-state index contributed by atoms with van der Waals surface area (Å²) in [6.45, 7) is 3.96. The monoisotopic (exact) mass is 319 g/mol. The van der Waals surface area contributed by atoms with Crippen molar-refractivity contribution >= 4 is 35.4 Å². The number of aromatic nitrogens is 4. The van der Waals surface area contributed by atoms with Gasteiger partial charge >= 0.3 is 0 Å². The Labute approximate surface area is 142 Å². The van der Waals surface area contributed by atoms with Gasteiger partial charge in [-0.2, -0.15) is 0 Å². The summed E-state index contributed by atoms with van der Waals surface area (Å²) in [5.41, 5.74) is 2.04. The van der Waals surface area contributed by atoms with Crippen molar-refractivity contribution in [2.24, 2.45) is 0 Å². The summed E-state index contributed by atoms with van der Waals surface area (Å²) in [6.07, 6.45) is 6.56. The van der Waals surface area contributed by atoms with Gasteiger partial charge in [0.2, 0.25) is 0 Å². The lowest BCUT2D eigenvalue weighted by atomic mass is 9.74. The highest BCUT2D eigenvalue weighted by Crippen LogP contribution is 2.27. The number of hydrogen-bond acceptors (Lipinski definition) is 5. The van der Waals surface area contributed by atoms with Crippen LogP contribution in [0.25, 0.3) is 11.0 Å². The molecule has 1 atom stereocenters. The second kappa shape index (κ2) is 6.15. The zero-order valence-electron chi connectivity index (χ0n) is 14.0. The van der Waals surface area contributed by atoms with Crippen LogP contribution in [0.4, 0.5) is 11.6 Å². The van der Waals surface area contributed by atoms with Crippen LogP contribution in [-0.2, 0) is 0 Å². The van der Waals surface area contributed by atoms with E-state index in [9.17, 15) is 0 Å². The third kappa shape index (κ3) is 2.60. The summed E-state index contributed by atoms with van der Waals surface area (Å²) in [4.78, 5) is 21.1. The molecule has 6 nitrogen and oxygen atoms in total. The van der Waals surface area contributed by atoms with E-state index in [0.29, 0.717) is 6.04 Å². The quantitative estimate of drug-likeness (QED) is 0.738. The van der Waals surface area contributed by atoms with Crippen LogP contribution in [0, 0.1) is 0 Å². The fourth-order valence-corrected chi connectivity index (χ4v) is 3.32. The van der Waals surface area contributed by atoms with Crippen molar-refractivity contribution in [2.75, 3.05) is 29.9 Å². The number of fused-ring (bicyclic) bond motifs is 1. The second-order valence-corrected chi connectivity index (χ2v) is 6.18. The van der Waals surface area contributed by atoms with Crippen LogP contribution in [0.15, 0.2) is 36.9 Å². The molecule has 1 N–H and O–H groups in total. The largest absolute Gasteiger partial charge is 0.355 e. The van der Waals surface area contributed by atoms with Gasteiger partial charge in [0.05, 0.1) is 5.39 Å². The van der Waals surface area contributed by atoms with E-state index in [0.717, 1.165) is 47.6 Å². The molecular weight excluding hydrogens is 299 g/mol. The first kappa shape index (κ1) is 15.0. The lowest BCUT2D eigenvalue weighted by Gasteiger charge is -2.26. The van der Waals surface area contributed by atoms with Crippen molar-refractivity contribution in [3.8, 4) is 0 Å². The highest BCUT2D eigenvalue weighted by atomic mass is 15.3. The zero-order chi connectivity index (χ0) is 16.5. The second-order valence-electron chi connectivity index (χ2n) is 6.18. The molecule has 3 aromatic rings. The fraction of sp³-hybridized carbons (Fsp3) is 0.353. The van der Waals surface area contributed by atoms with E-state index >= 15 is 0 Å². The van der Waals surface area contributed by atoms with E-state index in [-0.39, 0.29) is 0 Å². The highest BCUT2D eigenvalue weighted by molar-refractivity contribution is 6.51. The van der Waals surface area contributed by atoms with Crippen molar-refractivity contribution < 1.29 is 0 Å². The Hall–Kier alpha value is -2.57. The summed E-state index contributed by atoms with van der Waals surface area (Å²) in [7, 11) is 4.18. The number of likely N-dealkylation sites (N-methyl/N-ethyl adjacent to an activating group) is 1. The van der Waals surface area contributed by atoms with Crippen LogP contribution >= 0.6 is 0 Å². The minimum atomic E-state index is 0.429. The van der Waals surface area contributed by atoms with E-state index in [2.05, 4.69) is 56.2 Å². The fourth-order valence-electron chi connectivity index (χ4n) is 3.32. The van der Waals surface area contributed by atoms with Gasteiger partial charge in [0.1, 0.15) is 30.9 Å². The molecule has 1 fully saturated rings. The van der Waals surface area contributed by atoms with E-state index in [1.165, 1.54) is 0 Å². The van der Waals surface area contributed by atoms with Crippen LogP contribution in [0.5, 0.6) is 0 Å². The average molecular weight is 319 g/mol. The van der Waals surface area contributed by atoms with Gasteiger partial charge in [0.15, 0.2) is 0 Å². The van der Waals surface area contributed by atoms with Crippen LogP contribution in [-0.4, -0.2) is 53.4 Å². The third-order valence-corrected chi connectivity index (χ3v) is 4.81. The molecule has 7 heteroatoms. The standard InChI is InChI=1S/C17H20BN6/c1-18-12-3-4-15(20-9-12)23(2)13-6-8-24(10-13)17-14-5-7-19-16(14)21-11-22-17/h3-5,7,9,11,13H,6,8,10H2,1-2H3,(H,19,21,22). The molecule has 1 aliphatic heterocycles. The molecular formula is C17H20BN6. The maximum Gasteiger partial charge on any atom is 0.150 e. The van der Waals surface area contributed by atoms with Gasteiger partial charge in [-0.1, -0.05) is 18.4 Å². The molecule has 4 heterocycles. The SMILES string of the molecule is C[B]c1ccc(N(C)C2CCN(c3ncnc4[nH]ccc34)C2)nc1. The van der Waals surface area contributed by atoms with Crippen molar-refractivity contribution in [3.05, 3.63) is 36.9 Å². The number of anilines is 2. The lowest BCUT2D eigenvalue weighted by molar-refractivity contribution is 0.684. The number of aromatic amines is 1. The molecule has 3 aromatic heterocycles. The van der Waals surface area contributed by atoms with Crippen molar-refractivity contribution in [2.45, 2.75) is 19.3 Å². The van der Waals surface area contributed by atoms with E-state index in [1.807, 2.05) is 25.3 Å². The van der Waals surface area contributed by atoms with Crippen LogP contribution in [0.1, 0.15) is 6.42 Å². The predicted molar refractivity (Wildman–Crippen MR) is 98.4 cm³/mol. The summed E-state index contributed by atoms with van der Waals surface area (Å²) >= 11 is 0. The average Bonchev–Trinajstić information content (AvgIpc) is 3.30. The topological polar surface area (TPSA) is 60.9 Å². The van der Waals surface area contributed by atoms with E-state index < -0.39 is 0 Å². The first-order valence-corrected chi connectivity index (χ1v) is 8.27. The summed E-state index contributed by atoms with van der Waals surface area (Å²) in [6, 6.07) is 6.67. The number of H-pyrrole nitrogens is 1. The molecule has 0 bridgehead atoms. The molecule has 24 heavy (non-hydrogen) atoms. The van der Waals surface area contributed by atoms with E-state index in [4.69, 9.17) is 0 Å². The molecule has 1 unspecified atom stereocenters. The Morgan fingerprint density at radius 2 is 2.17 bits per heavy atom. The molecule has 1 saturated heterocycles. The van der Waals surface area contributed by atoms with Gasteiger partial charge in [-0.15, -0.1) is 0 Å². The van der Waals surface area contributed by atoms with Gasteiger partial charge in [-0.25, -0.2) is 15.0 Å². The molecule has 0 spiro atoms. The minimum Gasteiger partial charge on any atom is -0.355 e. The molecule has 4 rings (SSSR count). The maximum atomic E-state index is 4.58. The van der Waals surface area contributed by atoms with Crippen LogP contribution < -0.4 is 15.3 Å². The normalized spacial score (nSPS) is 17.4. The molecule has 121 valence electrons. The molecule has 0 amide bonds. The number of rotatable bonds is 4. The molecule has 0 aliphatic carbocycles. The first-order chi connectivity index (χ1) is 11.8. The van der Waals surface area contributed by atoms with Crippen LogP contribution in [0.2, 0.25) is 6.82 Å². The highest BCUT2D eigenvalue weighted by Gasteiger charge is 2.28. The Morgan fingerprint density at radius 1 is 1.25 bits per heavy atom. The first-order valence-electron chi connectivity index (χ1n) is 8.27. The number of nitrogens with one attached hydrogen (secondary N) is 1. The number of pyridine rings is 1. The van der Waals surface area contributed by atoms with Crippen LogP contribution in [0.3, 0.4) is 0 Å². The molecule has 0 aromatic carbocycles. The van der Waals surface area contributed by atoms with Gasteiger partial charge in [-0.3, -0.25) is 0 Å². The predicted octanol–water partition coefficient (Wildman–Crippen LogP) is 1.45. The summed E-state index contributed by atoms with van der Waals surface area (Å²) in [5, 5.41) is 1.08. The van der Waals surface area contributed by atoms with Gasteiger partial charge in [0, 0.05) is 38.6 Å². The smallest absolute Gasteiger partial charge is 0.150 e. The summed E-state index contributed by atoms with van der Waals surface area (Å²) in [5.74, 6) is 2.03. The number of hydrogen-bond donors (Lipinski definition) is 1. The Balaban J connectivity index is 1.52. The van der Waals surface area contributed by atoms with Crippen molar-refractivity contribution in [1.29, 1.82) is 0 Å². The minimum absolute atomic E-state index is 0.429. The van der Waals surface area contributed by atoms with E-state index in [1.54, 1.807) is 6.33 Å². The molecule has 1 aliphatic rings. The third-order valence-electron chi connectivity index (χ3n) is 4.81. The summed E-state index contributed by atoms with van der Waals surface area (Å²) < 4.78 is 0. The van der Waals surface area contributed by atoms with Gasteiger partial charge < -0.3 is 14.8 Å². The van der Waals surface area contributed by atoms with Crippen molar-refractivity contribution in [1.82, 2.24) is 19.9 Å².